The van der Waals surface area contributed by atoms with Gasteiger partial charge in [0.2, 0.25) is 0 Å². The highest BCUT2D eigenvalue weighted by molar-refractivity contribution is 5.41. The van der Waals surface area contributed by atoms with E-state index >= 15 is 0 Å². The summed E-state index contributed by atoms with van der Waals surface area (Å²) in [4.78, 5) is 8.85. The molecule has 0 bridgehead atoms. The first-order valence-corrected chi connectivity index (χ1v) is 6.73. The van der Waals surface area contributed by atoms with Crippen molar-refractivity contribution in [3.63, 3.8) is 0 Å². The minimum Gasteiger partial charge on any atom is -0.496 e. The van der Waals surface area contributed by atoms with Gasteiger partial charge in [-0.25, -0.2) is 0 Å². The summed E-state index contributed by atoms with van der Waals surface area (Å²) in [5.41, 5.74) is 5.45. The van der Waals surface area contributed by atoms with Crippen LogP contribution in [0.25, 0.3) is 0 Å². The summed E-state index contributed by atoms with van der Waals surface area (Å²) in [6, 6.07) is 4.03. The van der Waals surface area contributed by atoms with E-state index in [-0.39, 0.29) is 0 Å². The Labute approximate surface area is 120 Å². The van der Waals surface area contributed by atoms with E-state index < -0.39 is 0 Å². The molecule has 4 heteroatoms. The first kappa shape index (κ1) is 14.5. The summed E-state index contributed by atoms with van der Waals surface area (Å²) in [7, 11) is 1.70. The number of hydrogen-bond acceptors (Lipinski definition) is 4. The van der Waals surface area contributed by atoms with Gasteiger partial charge in [-0.3, -0.25) is 9.97 Å². The number of nitrogens with zero attached hydrogens (tertiary/aromatic N) is 2. The molecular formula is C16H21N3O. The Morgan fingerprint density at radius 3 is 2.50 bits per heavy atom. The Bertz CT molecular complexity index is 596. The van der Waals surface area contributed by atoms with Crippen LogP contribution in [0.4, 0.5) is 0 Å². The molecule has 0 atom stereocenters. The lowest BCUT2D eigenvalue weighted by Gasteiger charge is -2.13. The number of nitrogens with one attached hydrogen (secondary N) is 1. The minimum absolute atomic E-state index is 0.707. The summed E-state index contributed by atoms with van der Waals surface area (Å²) in [6.07, 6.45) is 3.68. The molecule has 2 heterocycles. The monoisotopic (exact) mass is 271 g/mol. The second kappa shape index (κ2) is 6.48. The molecule has 0 unspecified atom stereocenters. The van der Waals surface area contributed by atoms with Crippen LogP contribution in [0, 0.1) is 20.8 Å². The largest absolute Gasteiger partial charge is 0.496 e. The molecule has 4 nitrogen and oxygen atoms in total. The Kier molecular flexibility index (Phi) is 4.69. The van der Waals surface area contributed by atoms with Gasteiger partial charge < -0.3 is 10.1 Å². The van der Waals surface area contributed by atoms with Gasteiger partial charge >= 0.3 is 0 Å². The summed E-state index contributed by atoms with van der Waals surface area (Å²) in [6.45, 7) is 7.57. The molecule has 0 saturated carbocycles. The molecule has 0 aliphatic carbocycles. The van der Waals surface area contributed by atoms with E-state index in [1.165, 1.54) is 5.56 Å². The van der Waals surface area contributed by atoms with Crippen molar-refractivity contribution >= 4 is 0 Å². The minimum atomic E-state index is 0.707. The lowest BCUT2D eigenvalue weighted by Crippen LogP contribution is -2.16. The van der Waals surface area contributed by atoms with Crippen LogP contribution < -0.4 is 10.1 Å². The van der Waals surface area contributed by atoms with Crippen LogP contribution in [0.1, 0.15) is 28.1 Å². The van der Waals surface area contributed by atoms with Crippen molar-refractivity contribution in [2.45, 2.75) is 33.9 Å². The first-order valence-electron chi connectivity index (χ1n) is 6.73. The highest BCUT2D eigenvalue weighted by Gasteiger charge is 2.09. The van der Waals surface area contributed by atoms with Gasteiger partial charge in [0.05, 0.1) is 18.5 Å². The van der Waals surface area contributed by atoms with Crippen LogP contribution >= 0.6 is 0 Å². The Hall–Kier alpha value is -1.94. The molecular weight excluding hydrogens is 250 g/mol. The average Bonchev–Trinajstić information content (AvgIpc) is 2.44. The standard InChI is InChI=1S/C16H21N3O/c1-11-6-5-7-18-14(11)9-17-10-15-13(3)16(20-4)12(2)8-19-15/h5-8,17H,9-10H2,1-4H3. The van der Waals surface area contributed by atoms with Crippen LogP contribution in [0.2, 0.25) is 0 Å². The van der Waals surface area contributed by atoms with Crippen LogP contribution in [0.15, 0.2) is 24.5 Å². The Morgan fingerprint density at radius 1 is 1.05 bits per heavy atom. The van der Waals surface area contributed by atoms with Crippen LogP contribution in [-0.2, 0) is 13.1 Å². The molecule has 0 aromatic carbocycles. The van der Waals surface area contributed by atoms with Gasteiger partial charge in [0.25, 0.3) is 0 Å². The Morgan fingerprint density at radius 2 is 1.80 bits per heavy atom. The van der Waals surface area contributed by atoms with E-state index in [4.69, 9.17) is 4.74 Å². The maximum absolute atomic E-state index is 5.42. The zero-order valence-corrected chi connectivity index (χ0v) is 12.5. The molecule has 0 aliphatic heterocycles. The maximum Gasteiger partial charge on any atom is 0.128 e. The van der Waals surface area contributed by atoms with Gasteiger partial charge in [-0.15, -0.1) is 0 Å². The molecule has 0 radical (unpaired) electrons. The smallest absolute Gasteiger partial charge is 0.128 e. The van der Waals surface area contributed by atoms with E-state index in [2.05, 4.69) is 28.3 Å². The highest BCUT2D eigenvalue weighted by atomic mass is 16.5. The number of methoxy groups -OCH3 is 1. The van der Waals surface area contributed by atoms with Crippen molar-refractivity contribution in [2.24, 2.45) is 0 Å². The van der Waals surface area contributed by atoms with Gasteiger partial charge in [0.1, 0.15) is 5.75 Å². The van der Waals surface area contributed by atoms with Gasteiger partial charge in [-0.1, -0.05) is 6.07 Å². The quantitative estimate of drug-likeness (QED) is 0.908. The SMILES string of the molecule is COc1c(C)cnc(CNCc2ncccc2C)c1C. The number of pyridine rings is 2. The third-order valence-corrected chi connectivity index (χ3v) is 3.45. The van der Waals surface area contributed by atoms with Crippen LogP contribution in [0.3, 0.4) is 0 Å². The van der Waals surface area contributed by atoms with Crippen molar-refractivity contribution in [1.82, 2.24) is 15.3 Å². The van der Waals surface area contributed by atoms with Gasteiger partial charge in [-0.2, -0.15) is 0 Å². The molecule has 2 rings (SSSR count). The second-order valence-corrected chi connectivity index (χ2v) is 4.92. The second-order valence-electron chi connectivity index (χ2n) is 4.92. The van der Waals surface area contributed by atoms with Gasteiger partial charge in [-0.05, 0) is 32.4 Å². The highest BCUT2D eigenvalue weighted by Crippen LogP contribution is 2.23. The molecule has 0 aliphatic rings. The molecule has 0 spiro atoms. The Balaban J connectivity index is 2.03. The van der Waals surface area contributed by atoms with E-state index in [1.807, 2.05) is 32.3 Å². The fraction of sp³-hybridized carbons (Fsp3) is 0.375. The van der Waals surface area contributed by atoms with Crippen molar-refractivity contribution < 1.29 is 4.74 Å². The third-order valence-electron chi connectivity index (χ3n) is 3.45. The molecule has 2 aromatic rings. The number of aromatic nitrogens is 2. The lowest BCUT2D eigenvalue weighted by molar-refractivity contribution is 0.406. The van der Waals surface area contributed by atoms with E-state index in [0.717, 1.165) is 34.8 Å². The number of hydrogen-bond donors (Lipinski definition) is 1. The van der Waals surface area contributed by atoms with E-state index in [9.17, 15) is 0 Å². The van der Waals surface area contributed by atoms with Gasteiger partial charge in [0, 0.05) is 36.6 Å². The first-order chi connectivity index (χ1) is 9.63. The van der Waals surface area contributed by atoms with Crippen molar-refractivity contribution in [2.75, 3.05) is 7.11 Å². The zero-order valence-electron chi connectivity index (χ0n) is 12.5. The molecule has 106 valence electrons. The van der Waals surface area contributed by atoms with Crippen LogP contribution in [0.5, 0.6) is 5.75 Å². The third kappa shape index (κ3) is 3.14. The van der Waals surface area contributed by atoms with E-state index in [1.54, 1.807) is 7.11 Å². The maximum atomic E-state index is 5.42. The summed E-state index contributed by atoms with van der Waals surface area (Å²) in [5, 5.41) is 3.39. The number of aryl methyl sites for hydroxylation is 2. The molecule has 1 N–H and O–H groups in total. The normalized spacial score (nSPS) is 10.6. The summed E-state index contributed by atoms with van der Waals surface area (Å²) in [5.74, 6) is 0.922. The zero-order chi connectivity index (χ0) is 14.5. The number of rotatable bonds is 5. The van der Waals surface area contributed by atoms with Crippen molar-refractivity contribution in [3.05, 3.63) is 52.6 Å². The van der Waals surface area contributed by atoms with Crippen molar-refractivity contribution in [1.29, 1.82) is 0 Å². The summed E-state index contributed by atoms with van der Waals surface area (Å²) < 4.78 is 5.42. The molecule has 0 fully saturated rings. The summed E-state index contributed by atoms with van der Waals surface area (Å²) >= 11 is 0. The van der Waals surface area contributed by atoms with Crippen LogP contribution in [-0.4, -0.2) is 17.1 Å². The number of ether oxygens (including phenoxy) is 1. The predicted octanol–water partition coefficient (Wildman–Crippen LogP) is 2.70. The predicted molar refractivity (Wildman–Crippen MR) is 79.8 cm³/mol. The fourth-order valence-electron chi connectivity index (χ4n) is 2.25. The van der Waals surface area contributed by atoms with E-state index in [0.29, 0.717) is 6.54 Å². The fourth-order valence-corrected chi connectivity index (χ4v) is 2.25. The molecule has 0 saturated heterocycles. The van der Waals surface area contributed by atoms with Gasteiger partial charge in [0.15, 0.2) is 0 Å². The van der Waals surface area contributed by atoms with Crippen molar-refractivity contribution in [3.8, 4) is 5.75 Å². The molecule has 0 amide bonds. The topological polar surface area (TPSA) is 47.0 Å². The average molecular weight is 271 g/mol. The molecule has 20 heavy (non-hydrogen) atoms. The lowest BCUT2D eigenvalue weighted by atomic mass is 10.1. The molecule has 2 aromatic heterocycles.